The predicted molar refractivity (Wildman–Crippen MR) is 85.1 cm³/mol. The predicted octanol–water partition coefficient (Wildman–Crippen LogP) is 3.35. The maximum atomic E-state index is 6.58. The van der Waals surface area contributed by atoms with E-state index in [1.54, 1.807) is 21.3 Å². The molecule has 0 spiro atoms. The summed E-state index contributed by atoms with van der Waals surface area (Å²) in [5.41, 5.74) is 1.08. The van der Waals surface area contributed by atoms with Crippen LogP contribution in [0.15, 0.2) is 0 Å². The first-order chi connectivity index (χ1) is 10.2. The van der Waals surface area contributed by atoms with Crippen molar-refractivity contribution in [1.82, 2.24) is 0 Å². The van der Waals surface area contributed by atoms with E-state index < -0.39 is 17.6 Å². The molecule has 0 unspecified atom stereocenters. The fourth-order valence-electron chi connectivity index (χ4n) is 4.10. The van der Waals surface area contributed by atoms with Crippen LogP contribution in [0.2, 0.25) is 11.1 Å². The van der Waals surface area contributed by atoms with Gasteiger partial charge in [-0.15, -0.1) is 0 Å². The van der Waals surface area contributed by atoms with Gasteiger partial charge in [0.05, 0.1) is 0 Å². The van der Waals surface area contributed by atoms with Gasteiger partial charge in [-0.2, -0.15) is 0 Å². The SMILES string of the molecule is CO[Si](OC)(OC)O[Si](OC)(C1CCCC1)C1CCCC1. The number of hydrogen-bond acceptors (Lipinski definition) is 5. The molecule has 0 bridgehead atoms. The van der Waals surface area contributed by atoms with E-state index in [1.165, 1.54) is 51.4 Å². The highest BCUT2D eigenvalue weighted by Crippen LogP contribution is 2.51. The van der Waals surface area contributed by atoms with Gasteiger partial charge in [-0.3, -0.25) is 0 Å². The highest BCUT2D eigenvalue weighted by molar-refractivity contribution is 6.78. The Labute approximate surface area is 131 Å². The van der Waals surface area contributed by atoms with Crippen LogP contribution >= 0.6 is 0 Å². The van der Waals surface area contributed by atoms with E-state index in [4.69, 9.17) is 21.8 Å². The van der Waals surface area contributed by atoms with Crippen LogP contribution in [0.5, 0.6) is 0 Å². The van der Waals surface area contributed by atoms with Crippen molar-refractivity contribution < 1.29 is 21.8 Å². The van der Waals surface area contributed by atoms with E-state index in [2.05, 4.69) is 0 Å². The average molecular weight is 335 g/mol. The Balaban J connectivity index is 2.28. The Bertz CT molecular complexity index is 288. The summed E-state index contributed by atoms with van der Waals surface area (Å²) >= 11 is 0. The molecule has 124 valence electrons. The van der Waals surface area contributed by atoms with Crippen molar-refractivity contribution >= 4 is 17.6 Å². The summed E-state index contributed by atoms with van der Waals surface area (Å²) in [7, 11) is 1.16. The summed E-state index contributed by atoms with van der Waals surface area (Å²) in [4.78, 5) is 0. The Hall–Kier alpha value is 0.234. The minimum Gasteiger partial charge on any atom is -0.398 e. The van der Waals surface area contributed by atoms with Crippen molar-refractivity contribution in [3.05, 3.63) is 0 Å². The highest BCUT2D eigenvalue weighted by atomic mass is 28.5. The van der Waals surface area contributed by atoms with E-state index in [0.717, 1.165) is 0 Å². The molecule has 2 aliphatic rings. The number of hydrogen-bond donors (Lipinski definition) is 0. The van der Waals surface area contributed by atoms with E-state index >= 15 is 0 Å². The zero-order chi connectivity index (χ0) is 15.3. The second kappa shape index (κ2) is 7.67. The Morgan fingerprint density at radius 3 is 1.29 bits per heavy atom. The zero-order valence-corrected chi connectivity index (χ0v) is 15.9. The summed E-state index contributed by atoms with van der Waals surface area (Å²) in [6, 6.07) is 0. The Kier molecular flexibility index (Phi) is 6.43. The first-order valence-electron chi connectivity index (χ1n) is 8.07. The van der Waals surface area contributed by atoms with Crippen LogP contribution in [0.4, 0.5) is 0 Å². The minimum absolute atomic E-state index is 0.540. The molecule has 2 saturated carbocycles. The van der Waals surface area contributed by atoms with Crippen molar-refractivity contribution in [1.29, 1.82) is 0 Å². The van der Waals surface area contributed by atoms with Crippen LogP contribution in [-0.2, 0) is 21.8 Å². The summed E-state index contributed by atoms with van der Waals surface area (Å²) in [6.07, 6.45) is 9.94. The van der Waals surface area contributed by atoms with Crippen LogP contribution < -0.4 is 0 Å². The summed E-state index contributed by atoms with van der Waals surface area (Å²) in [6.45, 7) is 0. The van der Waals surface area contributed by atoms with Gasteiger partial charge in [0.2, 0.25) is 0 Å². The molecular weight excluding hydrogens is 304 g/mol. The molecule has 5 nitrogen and oxygen atoms in total. The van der Waals surface area contributed by atoms with Gasteiger partial charge in [-0.05, 0) is 25.7 Å². The lowest BCUT2D eigenvalue weighted by Crippen LogP contribution is -2.61. The molecule has 0 atom stereocenters. The van der Waals surface area contributed by atoms with E-state index in [1.807, 2.05) is 7.11 Å². The molecule has 0 aromatic heterocycles. The molecule has 0 heterocycles. The lowest BCUT2D eigenvalue weighted by Gasteiger charge is -2.42. The van der Waals surface area contributed by atoms with Crippen molar-refractivity contribution in [3.8, 4) is 0 Å². The summed E-state index contributed by atoms with van der Waals surface area (Å²) in [5.74, 6) is 0. The second-order valence-electron chi connectivity index (χ2n) is 6.10. The Morgan fingerprint density at radius 1 is 0.619 bits per heavy atom. The molecular formula is C14H30O5Si2. The van der Waals surface area contributed by atoms with Crippen molar-refractivity contribution in [2.24, 2.45) is 0 Å². The van der Waals surface area contributed by atoms with E-state index in [9.17, 15) is 0 Å². The molecule has 2 aliphatic carbocycles. The fraction of sp³-hybridized carbons (Fsp3) is 1.00. The molecule has 0 aliphatic heterocycles. The van der Waals surface area contributed by atoms with Crippen LogP contribution in [-0.4, -0.2) is 46.0 Å². The first kappa shape index (κ1) is 17.6. The molecule has 0 aromatic rings. The molecule has 0 radical (unpaired) electrons. The average Bonchev–Trinajstić information content (AvgIpc) is 3.24. The smallest absolute Gasteiger partial charge is 0.398 e. The molecule has 0 aromatic carbocycles. The normalized spacial score (nSPS) is 22.3. The lowest BCUT2D eigenvalue weighted by molar-refractivity contribution is 0.0318. The second-order valence-corrected chi connectivity index (χ2v) is 12.6. The largest absolute Gasteiger partial charge is 0.669 e. The van der Waals surface area contributed by atoms with Gasteiger partial charge >= 0.3 is 17.6 Å². The van der Waals surface area contributed by atoms with Gasteiger partial charge < -0.3 is 21.8 Å². The van der Waals surface area contributed by atoms with Crippen LogP contribution in [0, 0.1) is 0 Å². The molecule has 0 saturated heterocycles. The van der Waals surface area contributed by atoms with Crippen LogP contribution in [0.25, 0.3) is 0 Å². The van der Waals surface area contributed by atoms with Crippen LogP contribution in [0.1, 0.15) is 51.4 Å². The molecule has 0 amide bonds. The highest BCUT2D eigenvalue weighted by Gasteiger charge is 2.60. The maximum absolute atomic E-state index is 6.58. The lowest BCUT2D eigenvalue weighted by atomic mass is 10.3. The zero-order valence-electron chi connectivity index (χ0n) is 13.9. The topological polar surface area (TPSA) is 46.2 Å². The van der Waals surface area contributed by atoms with Gasteiger partial charge in [0.1, 0.15) is 0 Å². The Morgan fingerprint density at radius 2 is 1.00 bits per heavy atom. The standard InChI is InChI=1S/C14H30O5Si2/c1-15-20(13-9-5-6-10-13,14-11-7-8-12-14)19-21(16-2,17-3)18-4/h13-14H,5-12H2,1-4H3. The third kappa shape index (κ3) is 3.44. The third-order valence-corrected chi connectivity index (χ3v) is 13.0. The van der Waals surface area contributed by atoms with Gasteiger partial charge in [0.25, 0.3) is 0 Å². The monoisotopic (exact) mass is 334 g/mol. The van der Waals surface area contributed by atoms with Gasteiger partial charge in [-0.25, -0.2) is 0 Å². The quantitative estimate of drug-likeness (QED) is 0.637. The summed E-state index contributed by atoms with van der Waals surface area (Å²) < 4.78 is 29.4. The molecule has 0 N–H and O–H groups in total. The molecule has 21 heavy (non-hydrogen) atoms. The van der Waals surface area contributed by atoms with Crippen LogP contribution in [0.3, 0.4) is 0 Å². The van der Waals surface area contributed by atoms with Crippen molar-refractivity contribution in [2.75, 3.05) is 28.4 Å². The van der Waals surface area contributed by atoms with E-state index in [-0.39, 0.29) is 0 Å². The first-order valence-corrected chi connectivity index (χ1v) is 11.7. The van der Waals surface area contributed by atoms with Crippen molar-refractivity contribution in [2.45, 2.75) is 62.4 Å². The fourth-order valence-corrected chi connectivity index (χ4v) is 12.6. The third-order valence-electron chi connectivity index (χ3n) is 5.20. The maximum Gasteiger partial charge on any atom is 0.669 e. The summed E-state index contributed by atoms with van der Waals surface area (Å²) in [5, 5.41) is 0. The van der Waals surface area contributed by atoms with E-state index in [0.29, 0.717) is 11.1 Å². The molecule has 2 fully saturated rings. The van der Waals surface area contributed by atoms with Gasteiger partial charge in [0, 0.05) is 39.5 Å². The van der Waals surface area contributed by atoms with Gasteiger partial charge in [-0.1, -0.05) is 25.7 Å². The molecule has 7 heteroatoms. The van der Waals surface area contributed by atoms with Gasteiger partial charge in [0.15, 0.2) is 0 Å². The minimum atomic E-state index is -3.07. The number of rotatable bonds is 8. The van der Waals surface area contributed by atoms with Crippen molar-refractivity contribution in [3.63, 3.8) is 0 Å². The molecule has 2 rings (SSSR count).